The van der Waals surface area contributed by atoms with E-state index in [4.69, 9.17) is 9.15 Å². The summed E-state index contributed by atoms with van der Waals surface area (Å²) in [4.78, 5) is 8.94. The number of fused-ring (bicyclic) bond motifs is 2. The molecule has 4 aromatic rings. The van der Waals surface area contributed by atoms with Crippen LogP contribution in [0.5, 0.6) is 0 Å². The van der Waals surface area contributed by atoms with Crippen molar-refractivity contribution in [2.45, 2.75) is 32.0 Å². The largest absolute Gasteiger partial charge is 0.436 e. The van der Waals surface area contributed by atoms with E-state index in [0.717, 1.165) is 55.0 Å². The van der Waals surface area contributed by atoms with Crippen molar-refractivity contribution in [1.29, 1.82) is 0 Å². The van der Waals surface area contributed by atoms with Crippen molar-refractivity contribution in [1.82, 2.24) is 14.5 Å². The molecule has 0 spiro atoms. The lowest BCUT2D eigenvalue weighted by Gasteiger charge is -2.25. The van der Waals surface area contributed by atoms with Gasteiger partial charge in [-0.1, -0.05) is 0 Å². The number of halogens is 3. The van der Waals surface area contributed by atoms with E-state index in [1.54, 1.807) is 0 Å². The van der Waals surface area contributed by atoms with Crippen LogP contribution in [0.2, 0.25) is 0 Å². The van der Waals surface area contributed by atoms with E-state index in [1.807, 2.05) is 25.1 Å². The van der Waals surface area contributed by atoms with Crippen molar-refractivity contribution >= 4 is 22.1 Å². The molecular formula is C21H18F3N3O2. The van der Waals surface area contributed by atoms with E-state index in [1.165, 1.54) is 6.07 Å². The molecule has 0 bridgehead atoms. The highest BCUT2D eigenvalue weighted by atomic mass is 19.4. The van der Waals surface area contributed by atoms with Crippen LogP contribution < -0.4 is 0 Å². The van der Waals surface area contributed by atoms with Gasteiger partial charge in [-0.05, 0) is 56.2 Å². The normalized spacial score (nSPS) is 16.1. The SMILES string of the molecule is Cc1nc2cc(-c3nc4cc(C(F)(F)F)ccc4o3)ccc2n1C1CCOCC1. The molecule has 0 amide bonds. The summed E-state index contributed by atoms with van der Waals surface area (Å²) in [6, 6.07) is 9.37. The molecule has 150 valence electrons. The average Bonchev–Trinajstić information content (AvgIpc) is 3.26. The number of rotatable bonds is 2. The summed E-state index contributed by atoms with van der Waals surface area (Å²) in [5, 5.41) is 0. The summed E-state index contributed by atoms with van der Waals surface area (Å²) in [5.74, 6) is 1.20. The first kappa shape index (κ1) is 18.2. The number of hydrogen-bond acceptors (Lipinski definition) is 4. The van der Waals surface area contributed by atoms with Gasteiger partial charge in [0.15, 0.2) is 5.58 Å². The molecule has 1 saturated heterocycles. The maximum Gasteiger partial charge on any atom is 0.416 e. The Kier molecular flexibility index (Phi) is 4.13. The Labute approximate surface area is 164 Å². The number of ether oxygens (including phenoxy) is 1. The van der Waals surface area contributed by atoms with Gasteiger partial charge in [0.1, 0.15) is 11.3 Å². The fraction of sp³-hybridized carbons (Fsp3) is 0.333. The third kappa shape index (κ3) is 3.17. The molecule has 0 saturated carbocycles. The quantitative estimate of drug-likeness (QED) is 0.444. The molecule has 2 aromatic heterocycles. The number of benzene rings is 2. The number of hydrogen-bond donors (Lipinski definition) is 0. The second-order valence-corrected chi connectivity index (χ2v) is 7.28. The average molecular weight is 401 g/mol. The van der Waals surface area contributed by atoms with Crippen LogP contribution in [0, 0.1) is 6.92 Å². The van der Waals surface area contributed by atoms with Crippen molar-refractivity contribution < 1.29 is 22.3 Å². The van der Waals surface area contributed by atoms with E-state index in [9.17, 15) is 13.2 Å². The highest BCUT2D eigenvalue weighted by molar-refractivity contribution is 5.83. The summed E-state index contributed by atoms with van der Waals surface area (Å²) >= 11 is 0. The van der Waals surface area contributed by atoms with Gasteiger partial charge >= 0.3 is 6.18 Å². The zero-order valence-corrected chi connectivity index (χ0v) is 15.7. The molecule has 1 fully saturated rings. The van der Waals surface area contributed by atoms with Gasteiger partial charge in [-0.3, -0.25) is 0 Å². The summed E-state index contributed by atoms with van der Waals surface area (Å²) in [5.41, 5.74) is 2.26. The fourth-order valence-corrected chi connectivity index (χ4v) is 3.98. The van der Waals surface area contributed by atoms with E-state index >= 15 is 0 Å². The lowest BCUT2D eigenvalue weighted by molar-refractivity contribution is -0.137. The van der Waals surface area contributed by atoms with Crippen LogP contribution in [0.4, 0.5) is 13.2 Å². The van der Waals surface area contributed by atoms with Crippen LogP contribution in [0.25, 0.3) is 33.6 Å². The summed E-state index contributed by atoms with van der Waals surface area (Å²) in [6.07, 6.45) is -2.53. The van der Waals surface area contributed by atoms with Crippen LogP contribution in [-0.4, -0.2) is 27.7 Å². The highest BCUT2D eigenvalue weighted by Crippen LogP contribution is 2.34. The lowest BCUT2D eigenvalue weighted by atomic mass is 10.1. The van der Waals surface area contributed by atoms with E-state index < -0.39 is 11.7 Å². The first-order valence-electron chi connectivity index (χ1n) is 9.44. The number of aromatic nitrogens is 3. The molecule has 0 atom stereocenters. The Bertz CT molecular complexity index is 1200. The molecule has 0 radical (unpaired) electrons. The van der Waals surface area contributed by atoms with Gasteiger partial charge in [0, 0.05) is 24.8 Å². The molecule has 8 heteroatoms. The molecule has 1 aliphatic rings. The maximum absolute atomic E-state index is 12.9. The zero-order valence-electron chi connectivity index (χ0n) is 15.7. The molecule has 3 heterocycles. The van der Waals surface area contributed by atoms with Crippen molar-refractivity contribution in [2.75, 3.05) is 13.2 Å². The fourth-order valence-electron chi connectivity index (χ4n) is 3.98. The van der Waals surface area contributed by atoms with Crippen LogP contribution in [0.15, 0.2) is 40.8 Å². The van der Waals surface area contributed by atoms with Gasteiger partial charge in [-0.2, -0.15) is 13.2 Å². The molecule has 0 unspecified atom stereocenters. The zero-order chi connectivity index (χ0) is 20.2. The topological polar surface area (TPSA) is 53.1 Å². The van der Waals surface area contributed by atoms with E-state index in [0.29, 0.717) is 17.2 Å². The molecule has 0 N–H and O–H groups in total. The highest BCUT2D eigenvalue weighted by Gasteiger charge is 2.31. The predicted octanol–water partition coefficient (Wildman–Crippen LogP) is 5.52. The Morgan fingerprint density at radius 2 is 1.79 bits per heavy atom. The second-order valence-electron chi connectivity index (χ2n) is 7.28. The van der Waals surface area contributed by atoms with Crippen LogP contribution in [0.3, 0.4) is 0 Å². The van der Waals surface area contributed by atoms with Crippen molar-refractivity contribution in [3.63, 3.8) is 0 Å². The summed E-state index contributed by atoms with van der Waals surface area (Å²) in [6.45, 7) is 3.46. The monoisotopic (exact) mass is 401 g/mol. The van der Waals surface area contributed by atoms with Gasteiger partial charge in [0.2, 0.25) is 5.89 Å². The number of alkyl halides is 3. The molecule has 1 aliphatic heterocycles. The molecule has 2 aromatic carbocycles. The summed E-state index contributed by atoms with van der Waals surface area (Å²) < 4.78 is 52.2. The minimum atomic E-state index is -4.42. The van der Waals surface area contributed by atoms with E-state index in [2.05, 4.69) is 14.5 Å². The molecule has 29 heavy (non-hydrogen) atoms. The number of nitrogens with zero attached hydrogens (tertiary/aromatic N) is 3. The number of imidazole rings is 1. The first-order chi connectivity index (χ1) is 13.9. The third-order valence-electron chi connectivity index (χ3n) is 5.38. The predicted molar refractivity (Wildman–Crippen MR) is 102 cm³/mol. The van der Waals surface area contributed by atoms with Crippen molar-refractivity contribution in [3.05, 3.63) is 47.8 Å². The van der Waals surface area contributed by atoms with Crippen molar-refractivity contribution in [3.8, 4) is 11.5 Å². The number of oxazole rings is 1. The lowest BCUT2D eigenvalue weighted by Crippen LogP contribution is -2.20. The molecular weight excluding hydrogens is 383 g/mol. The molecule has 5 nitrogen and oxygen atoms in total. The van der Waals surface area contributed by atoms with Gasteiger partial charge in [0.25, 0.3) is 0 Å². The van der Waals surface area contributed by atoms with E-state index in [-0.39, 0.29) is 11.4 Å². The first-order valence-corrected chi connectivity index (χ1v) is 9.44. The maximum atomic E-state index is 12.9. The Balaban J connectivity index is 1.55. The Morgan fingerprint density at radius 1 is 1.00 bits per heavy atom. The van der Waals surface area contributed by atoms with Gasteiger partial charge in [-0.15, -0.1) is 0 Å². The van der Waals surface area contributed by atoms with Crippen molar-refractivity contribution in [2.24, 2.45) is 0 Å². The van der Waals surface area contributed by atoms with Gasteiger partial charge in [0.05, 0.1) is 16.6 Å². The van der Waals surface area contributed by atoms with Gasteiger partial charge in [-0.25, -0.2) is 9.97 Å². The molecule has 5 rings (SSSR count). The Morgan fingerprint density at radius 3 is 2.55 bits per heavy atom. The van der Waals surface area contributed by atoms with Gasteiger partial charge < -0.3 is 13.7 Å². The van der Waals surface area contributed by atoms with Crippen LogP contribution >= 0.6 is 0 Å². The smallest absolute Gasteiger partial charge is 0.416 e. The standard InChI is InChI=1S/C21H18F3N3O2/c1-12-25-16-10-13(2-4-18(16)27(12)15-6-8-28-9-7-15)20-26-17-11-14(21(22,23)24)3-5-19(17)29-20/h2-5,10-11,15H,6-9H2,1H3. The number of aryl methyl sites for hydroxylation is 1. The minimum Gasteiger partial charge on any atom is -0.436 e. The van der Waals surface area contributed by atoms with Crippen LogP contribution in [0.1, 0.15) is 30.3 Å². The third-order valence-corrected chi connectivity index (χ3v) is 5.38. The molecule has 0 aliphatic carbocycles. The summed E-state index contributed by atoms with van der Waals surface area (Å²) in [7, 11) is 0. The Hall–Kier alpha value is -2.87. The second kappa shape index (κ2) is 6.59. The van der Waals surface area contributed by atoms with Crippen LogP contribution in [-0.2, 0) is 10.9 Å². The minimum absolute atomic E-state index is 0.179.